The van der Waals surface area contributed by atoms with Gasteiger partial charge in [0.2, 0.25) is 5.95 Å². The molecule has 3 aromatic rings. The summed E-state index contributed by atoms with van der Waals surface area (Å²) in [5.74, 6) is 1.09. The quantitative estimate of drug-likeness (QED) is 0.197. The van der Waals surface area contributed by atoms with Crippen LogP contribution >= 0.6 is 24.8 Å². The number of hydrogen-bond donors (Lipinski definition) is 3. The number of imidazole rings is 1. The number of ether oxygens (including phenoxy) is 1. The predicted octanol–water partition coefficient (Wildman–Crippen LogP) is 6.04. The highest BCUT2D eigenvalue weighted by molar-refractivity contribution is 5.89. The molecule has 0 aliphatic heterocycles. The molecule has 0 saturated heterocycles. The van der Waals surface area contributed by atoms with E-state index in [0.717, 1.165) is 73.9 Å². The lowest BCUT2D eigenvalue weighted by Gasteiger charge is -2.27. The van der Waals surface area contributed by atoms with Gasteiger partial charge in [-0.05, 0) is 62.6 Å². The molecule has 2 aromatic heterocycles. The Kier molecular flexibility index (Phi) is 11.6. The van der Waals surface area contributed by atoms with Crippen molar-refractivity contribution < 1.29 is 9.53 Å². The molecule has 214 valence electrons. The van der Waals surface area contributed by atoms with E-state index in [9.17, 15) is 4.79 Å². The van der Waals surface area contributed by atoms with Gasteiger partial charge in [-0.3, -0.25) is 0 Å². The van der Waals surface area contributed by atoms with Crippen LogP contribution in [0.4, 0.5) is 11.8 Å². The van der Waals surface area contributed by atoms with Crippen molar-refractivity contribution in [2.45, 2.75) is 95.8 Å². The lowest BCUT2D eigenvalue weighted by molar-refractivity contribution is 0.0499. The molecule has 1 aromatic carbocycles. The van der Waals surface area contributed by atoms with Crippen molar-refractivity contribution in [3.05, 3.63) is 41.7 Å². The molecule has 0 atom stereocenters. The second-order valence-electron chi connectivity index (χ2n) is 10.5. The lowest BCUT2D eigenvalue weighted by atomic mass is 9.92. The van der Waals surface area contributed by atoms with Crippen LogP contribution in [0.5, 0.6) is 0 Å². The fourth-order valence-electron chi connectivity index (χ4n) is 5.34. The zero-order valence-corrected chi connectivity index (χ0v) is 24.2. The Labute approximate surface area is 242 Å². The van der Waals surface area contributed by atoms with Crippen LogP contribution in [0.25, 0.3) is 11.2 Å². The number of rotatable bonds is 10. The highest BCUT2D eigenvalue weighted by Crippen LogP contribution is 2.33. The van der Waals surface area contributed by atoms with E-state index in [0.29, 0.717) is 42.8 Å². The van der Waals surface area contributed by atoms with E-state index in [-0.39, 0.29) is 30.8 Å². The monoisotopic (exact) mass is 577 g/mol. The van der Waals surface area contributed by atoms with Crippen molar-refractivity contribution in [2.24, 2.45) is 5.73 Å². The Balaban J connectivity index is 0.00000210. The van der Waals surface area contributed by atoms with Crippen molar-refractivity contribution in [1.29, 1.82) is 0 Å². The summed E-state index contributed by atoms with van der Waals surface area (Å²) < 4.78 is 7.55. The fraction of sp³-hybridized carbons (Fsp3) is 0.571. The third-order valence-corrected chi connectivity index (χ3v) is 7.63. The second-order valence-corrected chi connectivity index (χ2v) is 10.5. The van der Waals surface area contributed by atoms with Gasteiger partial charge in [-0.1, -0.05) is 38.3 Å². The molecule has 5 rings (SSSR count). The molecule has 0 spiro atoms. The molecule has 4 N–H and O–H groups in total. The number of unbranched alkanes of at least 4 members (excludes halogenated alkanes) is 1. The topological polar surface area (TPSA) is 120 Å². The number of aromatic nitrogens is 4. The summed E-state index contributed by atoms with van der Waals surface area (Å²) in [6, 6.07) is 8.60. The van der Waals surface area contributed by atoms with Crippen LogP contribution in [0, 0.1) is 0 Å². The van der Waals surface area contributed by atoms with Gasteiger partial charge < -0.3 is 25.7 Å². The molecule has 0 amide bonds. The molecule has 11 heteroatoms. The number of anilines is 2. The number of nitrogens with zero attached hydrogens (tertiary/aromatic N) is 4. The molecular formula is C28H41Cl2N7O2. The summed E-state index contributed by atoms with van der Waals surface area (Å²) in [5, 5.41) is 7.05. The average Bonchev–Trinajstić information content (AvgIpc) is 3.59. The minimum absolute atomic E-state index is 0. The van der Waals surface area contributed by atoms with Crippen LogP contribution in [0.2, 0.25) is 0 Å². The first-order valence-electron chi connectivity index (χ1n) is 13.9. The number of carbonyl (C=O) groups excluding carboxylic acids is 1. The van der Waals surface area contributed by atoms with E-state index in [1.54, 1.807) is 0 Å². The molecule has 2 saturated carbocycles. The fourth-order valence-corrected chi connectivity index (χ4v) is 5.34. The molecule has 0 bridgehead atoms. The van der Waals surface area contributed by atoms with E-state index >= 15 is 0 Å². The second kappa shape index (κ2) is 14.7. The summed E-state index contributed by atoms with van der Waals surface area (Å²) in [4.78, 5) is 26.7. The van der Waals surface area contributed by atoms with Crippen molar-refractivity contribution in [3.63, 3.8) is 0 Å². The van der Waals surface area contributed by atoms with E-state index in [1.165, 1.54) is 12.8 Å². The third-order valence-electron chi connectivity index (χ3n) is 7.63. The van der Waals surface area contributed by atoms with Gasteiger partial charge in [-0.2, -0.15) is 9.97 Å². The predicted molar refractivity (Wildman–Crippen MR) is 160 cm³/mol. The van der Waals surface area contributed by atoms with Gasteiger partial charge in [0.05, 0.1) is 18.5 Å². The minimum atomic E-state index is -0.276. The number of benzene rings is 1. The molecule has 2 aliphatic rings. The molecule has 2 fully saturated rings. The summed E-state index contributed by atoms with van der Waals surface area (Å²) in [6.45, 7) is 3.09. The standard InChI is InChI=1S/C28H39N7O2.2ClH/c1-2-3-16-37-27(36)20-10-8-19(9-11-20)17-30-25-24-26(35(18-31-24)23-6-4-5-7-23)34-28(33-25)32-22-14-12-21(29)13-15-22;;/h8-11,18,21-23H,2-7,12-17,29H2,1H3,(H2,30,32,33,34);2*1H/t21-,22-;;. The number of halogens is 2. The van der Waals surface area contributed by atoms with Crippen molar-refractivity contribution in [2.75, 3.05) is 17.2 Å². The number of carbonyl (C=O) groups is 1. The SMILES string of the molecule is CCCCOC(=O)c1ccc(CNc2nc(N[C@H]3CC[C@H](N)CC3)nc3c2ncn3C2CCCC2)cc1.Cl.Cl. The smallest absolute Gasteiger partial charge is 0.338 e. The van der Waals surface area contributed by atoms with Crippen LogP contribution < -0.4 is 16.4 Å². The molecule has 9 nitrogen and oxygen atoms in total. The summed E-state index contributed by atoms with van der Waals surface area (Å²) in [6.07, 6.45) is 12.7. The molecule has 0 radical (unpaired) electrons. The van der Waals surface area contributed by atoms with E-state index in [4.69, 9.17) is 25.4 Å². The molecular weight excluding hydrogens is 537 g/mol. The lowest BCUT2D eigenvalue weighted by Crippen LogP contribution is -2.33. The Morgan fingerprint density at radius 2 is 1.77 bits per heavy atom. The number of fused-ring (bicyclic) bond motifs is 1. The highest BCUT2D eigenvalue weighted by Gasteiger charge is 2.24. The zero-order chi connectivity index (χ0) is 25.6. The van der Waals surface area contributed by atoms with Gasteiger partial charge in [0.25, 0.3) is 0 Å². The van der Waals surface area contributed by atoms with Gasteiger partial charge in [0.15, 0.2) is 17.0 Å². The van der Waals surface area contributed by atoms with Gasteiger partial charge in [-0.25, -0.2) is 9.78 Å². The van der Waals surface area contributed by atoms with Crippen molar-refractivity contribution in [3.8, 4) is 0 Å². The summed E-state index contributed by atoms with van der Waals surface area (Å²) in [5.41, 5.74) is 9.39. The Bertz CT molecular complexity index is 1190. The van der Waals surface area contributed by atoms with E-state index in [1.807, 2.05) is 30.6 Å². The van der Waals surface area contributed by atoms with Crippen molar-refractivity contribution in [1.82, 2.24) is 19.5 Å². The largest absolute Gasteiger partial charge is 0.462 e. The van der Waals surface area contributed by atoms with Gasteiger partial charge >= 0.3 is 5.97 Å². The third kappa shape index (κ3) is 7.74. The molecule has 0 unspecified atom stereocenters. The maximum atomic E-state index is 12.2. The van der Waals surface area contributed by atoms with Crippen LogP contribution in [0.1, 0.15) is 93.1 Å². The van der Waals surface area contributed by atoms with Crippen molar-refractivity contribution >= 4 is 53.7 Å². The molecule has 2 heterocycles. The Hall–Kier alpha value is -2.62. The Morgan fingerprint density at radius 3 is 2.46 bits per heavy atom. The van der Waals surface area contributed by atoms with Gasteiger partial charge in [0.1, 0.15) is 0 Å². The number of nitrogens with one attached hydrogen (secondary N) is 2. The maximum Gasteiger partial charge on any atom is 0.338 e. The molecule has 2 aliphatic carbocycles. The first-order valence-corrected chi connectivity index (χ1v) is 13.9. The van der Waals surface area contributed by atoms with Gasteiger partial charge in [0, 0.05) is 24.7 Å². The first kappa shape index (κ1) is 30.9. The highest BCUT2D eigenvalue weighted by atomic mass is 35.5. The first-order chi connectivity index (χ1) is 18.1. The number of esters is 1. The van der Waals surface area contributed by atoms with E-state index < -0.39 is 0 Å². The zero-order valence-electron chi connectivity index (χ0n) is 22.6. The van der Waals surface area contributed by atoms with Crippen LogP contribution in [-0.2, 0) is 11.3 Å². The summed E-state index contributed by atoms with van der Waals surface area (Å²) in [7, 11) is 0. The van der Waals surface area contributed by atoms with Crippen LogP contribution in [0.3, 0.4) is 0 Å². The Morgan fingerprint density at radius 1 is 1.05 bits per heavy atom. The normalized spacial score (nSPS) is 19.2. The summed E-state index contributed by atoms with van der Waals surface area (Å²) >= 11 is 0. The number of nitrogens with two attached hydrogens (primary N) is 1. The molecule has 39 heavy (non-hydrogen) atoms. The van der Waals surface area contributed by atoms with Crippen LogP contribution in [-0.4, -0.2) is 44.2 Å². The van der Waals surface area contributed by atoms with Crippen LogP contribution in [0.15, 0.2) is 30.6 Å². The van der Waals surface area contributed by atoms with E-state index in [2.05, 4.69) is 22.1 Å². The number of hydrogen-bond acceptors (Lipinski definition) is 8. The average molecular weight is 579 g/mol. The van der Waals surface area contributed by atoms with Gasteiger partial charge in [-0.15, -0.1) is 24.8 Å². The maximum absolute atomic E-state index is 12.2. The minimum Gasteiger partial charge on any atom is -0.462 e.